The highest BCUT2D eigenvalue weighted by molar-refractivity contribution is 7.23. The molecule has 0 saturated carbocycles. The highest BCUT2D eigenvalue weighted by Gasteiger charge is 2.43. The normalized spacial score (nSPS) is 11.5. The Kier molecular flexibility index (Phi) is 5.42. The summed E-state index contributed by atoms with van der Waals surface area (Å²) in [6.45, 7) is 0. The van der Waals surface area contributed by atoms with Crippen LogP contribution in [0.1, 0.15) is 0 Å². The minimum atomic E-state index is -2.61. The highest BCUT2D eigenvalue weighted by atomic mass is 32.1. The van der Waals surface area contributed by atoms with Gasteiger partial charge in [-0.15, -0.1) is 11.3 Å². The van der Waals surface area contributed by atoms with E-state index < -0.39 is 8.07 Å². The van der Waals surface area contributed by atoms with Crippen LogP contribution in [0.2, 0.25) is 0 Å². The van der Waals surface area contributed by atoms with Crippen molar-refractivity contribution in [3.8, 4) is 10.6 Å². The van der Waals surface area contributed by atoms with Crippen LogP contribution in [-0.2, 0) is 0 Å². The van der Waals surface area contributed by atoms with Crippen LogP contribution < -0.4 is 20.7 Å². The minimum absolute atomic E-state index is 1.06. The van der Waals surface area contributed by atoms with E-state index in [2.05, 4.69) is 140 Å². The molecule has 0 aliphatic rings. The molecule has 1 aromatic heterocycles. The molecule has 6 aromatic rings. The smallest absolute Gasteiger partial charge is 0.180 e. The van der Waals surface area contributed by atoms with E-state index in [-0.39, 0.29) is 0 Å². The van der Waals surface area contributed by atoms with E-state index in [1.54, 1.807) is 11.3 Å². The number of benzene rings is 5. The van der Waals surface area contributed by atoms with Crippen molar-refractivity contribution >= 4 is 50.4 Å². The Morgan fingerprint density at radius 2 is 0.941 bits per heavy atom. The van der Waals surface area contributed by atoms with E-state index in [0.717, 1.165) is 10.5 Å². The molecule has 0 aliphatic heterocycles. The Bertz CT molecular complexity index is 1410. The van der Waals surface area contributed by atoms with Gasteiger partial charge in [-0.1, -0.05) is 127 Å². The fraction of sp³-hybridized carbons (Fsp3) is 0. The zero-order chi connectivity index (χ0) is 22.8. The van der Waals surface area contributed by atoms with Crippen LogP contribution in [0.5, 0.6) is 0 Å². The number of para-hydroxylation sites is 1. The van der Waals surface area contributed by atoms with Gasteiger partial charge in [0.2, 0.25) is 0 Å². The first kappa shape index (κ1) is 20.8. The fourth-order valence-corrected chi connectivity index (χ4v) is 11.1. The summed E-state index contributed by atoms with van der Waals surface area (Å²) in [7, 11) is -2.61. The second-order valence-electron chi connectivity index (χ2n) is 8.38. The van der Waals surface area contributed by atoms with Gasteiger partial charge in [-0.25, -0.2) is 4.98 Å². The molecule has 0 spiro atoms. The number of nitrogens with zero attached hydrogens (tertiary/aromatic N) is 1. The van der Waals surface area contributed by atoms with Gasteiger partial charge in [0.05, 0.1) is 10.2 Å². The van der Waals surface area contributed by atoms with E-state index >= 15 is 0 Å². The number of hydrogen-bond acceptors (Lipinski definition) is 2. The summed E-state index contributed by atoms with van der Waals surface area (Å²) < 4.78 is 1.22. The summed E-state index contributed by atoms with van der Waals surface area (Å²) >= 11 is 1.78. The third-order valence-electron chi connectivity index (χ3n) is 6.48. The summed E-state index contributed by atoms with van der Waals surface area (Å²) in [6, 6.07) is 50.5. The molecule has 3 heteroatoms. The quantitative estimate of drug-likeness (QED) is 0.245. The van der Waals surface area contributed by atoms with E-state index in [1.807, 2.05) is 0 Å². The Labute approximate surface area is 205 Å². The van der Waals surface area contributed by atoms with Gasteiger partial charge >= 0.3 is 0 Å². The molecular weight excluding hydrogens is 447 g/mol. The van der Waals surface area contributed by atoms with Crippen LogP contribution in [0.25, 0.3) is 20.8 Å². The van der Waals surface area contributed by atoms with Crippen molar-refractivity contribution in [2.45, 2.75) is 0 Å². The van der Waals surface area contributed by atoms with E-state index in [4.69, 9.17) is 4.98 Å². The molecule has 0 N–H and O–H groups in total. The maximum Gasteiger partial charge on any atom is 0.180 e. The Morgan fingerprint density at radius 1 is 0.471 bits per heavy atom. The molecule has 0 unspecified atom stereocenters. The van der Waals surface area contributed by atoms with Crippen molar-refractivity contribution in [3.05, 3.63) is 140 Å². The van der Waals surface area contributed by atoms with Crippen molar-refractivity contribution in [2.75, 3.05) is 0 Å². The van der Waals surface area contributed by atoms with Gasteiger partial charge in [0.1, 0.15) is 5.01 Å². The molecule has 0 saturated heterocycles. The van der Waals surface area contributed by atoms with Gasteiger partial charge < -0.3 is 0 Å². The van der Waals surface area contributed by atoms with Gasteiger partial charge in [0.15, 0.2) is 8.07 Å². The van der Waals surface area contributed by atoms with Gasteiger partial charge in [-0.3, -0.25) is 0 Å². The lowest BCUT2D eigenvalue weighted by Gasteiger charge is -2.35. The Balaban J connectivity index is 1.74. The molecule has 1 nitrogen and oxygen atoms in total. The molecule has 0 atom stereocenters. The third kappa shape index (κ3) is 3.41. The summed E-state index contributed by atoms with van der Waals surface area (Å²) in [6.07, 6.45) is 0. The summed E-state index contributed by atoms with van der Waals surface area (Å²) in [4.78, 5) is 5.08. The van der Waals surface area contributed by atoms with Crippen molar-refractivity contribution in [1.82, 2.24) is 4.98 Å². The molecule has 0 aliphatic carbocycles. The van der Waals surface area contributed by atoms with E-state index in [0.29, 0.717) is 0 Å². The molecule has 0 fully saturated rings. The fourth-order valence-electron chi connectivity index (χ4n) is 5.01. The largest absolute Gasteiger partial charge is 0.236 e. The average molecular weight is 470 g/mol. The molecule has 1 heterocycles. The maximum absolute atomic E-state index is 5.08. The monoisotopic (exact) mass is 469 g/mol. The van der Waals surface area contributed by atoms with Crippen LogP contribution in [0.15, 0.2) is 140 Å². The van der Waals surface area contributed by atoms with Crippen molar-refractivity contribution in [1.29, 1.82) is 0 Å². The molecule has 162 valence electrons. The average Bonchev–Trinajstić information content (AvgIpc) is 3.36. The van der Waals surface area contributed by atoms with Crippen LogP contribution in [0.4, 0.5) is 0 Å². The predicted molar refractivity (Wildman–Crippen MR) is 149 cm³/mol. The molecule has 0 radical (unpaired) electrons. The standard InChI is InChI=1S/C31H23NSSi/c1-4-14-24(15-5-1)34(25-16-6-2-7-17-25,26-18-8-3-9-19-26)30-23-13-10-20-27(30)31-32-28-21-11-12-22-29(28)33-31/h1-23H. The minimum Gasteiger partial charge on any atom is -0.236 e. The number of aromatic nitrogens is 1. The molecule has 6 rings (SSSR count). The van der Waals surface area contributed by atoms with Crippen LogP contribution >= 0.6 is 11.3 Å². The molecule has 5 aromatic carbocycles. The summed E-state index contributed by atoms with van der Waals surface area (Å²) in [5, 5.41) is 6.58. The van der Waals surface area contributed by atoms with E-state index in [9.17, 15) is 0 Å². The topological polar surface area (TPSA) is 12.9 Å². The molecule has 34 heavy (non-hydrogen) atoms. The summed E-state index contributed by atoms with van der Waals surface area (Å²) in [5.41, 5.74) is 2.29. The van der Waals surface area contributed by atoms with Crippen molar-refractivity contribution in [3.63, 3.8) is 0 Å². The maximum atomic E-state index is 5.08. The zero-order valence-corrected chi connectivity index (χ0v) is 20.5. The van der Waals surface area contributed by atoms with Gasteiger partial charge in [0.25, 0.3) is 0 Å². The second-order valence-corrected chi connectivity index (χ2v) is 13.2. The molecule has 0 amide bonds. The Hall–Kier alpha value is -3.79. The van der Waals surface area contributed by atoms with E-state index in [1.165, 1.54) is 31.0 Å². The van der Waals surface area contributed by atoms with Crippen LogP contribution in [0, 0.1) is 0 Å². The van der Waals surface area contributed by atoms with Gasteiger partial charge in [-0.05, 0) is 32.9 Å². The number of fused-ring (bicyclic) bond motifs is 1. The lowest BCUT2D eigenvalue weighted by molar-refractivity contribution is 1.48. The van der Waals surface area contributed by atoms with Crippen LogP contribution in [0.3, 0.4) is 0 Å². The van der Waals surface area contributed by atoms with Gasteiger partial charge in [0, 0.05) is 5.56 Å². The zero-order valence-electron chi connectivity index (χ0n) is 18.6. The summed E-state index contributed by atoms with van der Waals surface area (Å²) in [5.74, 6) is 0. The first-order valence-electron chi connectivity index (χ1n) is 11.5. The number of rotatable bonds is 5. The lowest BCUT2D eigenvalue weighted by atomic mass is 10.2. The number of thiazole rings is 1. The second kappa shape index (κ2) is 8.86. The number of hydrogen-bond donors (Lipinski definition) is 0. The first-order valence-corrected chi connectivity index (χ1v) is 14.3. The van der Waals surface area contributed by atoms with Crippen molar-refractivity contribution in [2.24, 2.45) is 0 Å². The Morgan fingerprint density at radius 3 is 1.50 bits per heavy atom. The van der Waals surface area contributed by atoms with Crippen molar-refractivity contribution < 1.29 is 0 Å². The third-order valence-corrected chi connectivity index (χ3v) is 12.4. The lowest BCUT2D eigenvalue weighted by Crippen LogP contribution is -2.75. The molecular formula is C31H23NSSi. The SMILES string of the molecule is c1ccc([Si](c2ccccc2)(c2ccccc2)c2ccccc2-c2nc3ccccc3s2)cc1. The molecule has 0 bridgehead atoms. The first-order chi connectivity index (χ1) is 16.9. The van der Waals surface area contributed by atoms with Crippen LogP contribution in [-0.4, -0.2) is 13.1 Å². The predicted octanol–water partition coefficient (Wildman–Crippen LogP) is 5.34. The highest BCUT2D eigenvalue weighted by Crippen LogP contribution is 2.30. The van der Waals surface area contributed by atoms with Gasteiger partial charge in [-0.2, -0.15) is 0 Å².